The van der Waals surface area contributed by atoms with Crippen LogP contribution in [0.5, 0.6) is 0 Å². The first-order valence-electron chi connectivity index (χ1n) is 7.28. The lowest BCUT2D eigenvalue weighted by atomic mass is 10.2. The summed E-state index contributed by atoms with van der Waals surface area (Å²) in [6.07, 6.45) is 1.64. The van der Waals surface area contributed by atoms with Crippen molar-refractivity contribution in [1.82, 2.24) is 14.5 Å². The first-order valence-corrected chi connectivity index (χ1v) is 7.28. The summed E-state index contributed by atoms with van der Waals surface area (Å²) < 4.78 is 2.08. The number of pyridine rings is 1. The van der Waals surface area contributed by atoms with Gasteiger partial charge in [0.15, 0.2) is 5.82 Å². The smallest absolute Gasteiger partial charge is 0.164 e. The van der Waals surface area contributed by atoms with Gasteiger partial charge in [-0.15, -0.1) is 0 Å². The van der Waals surface area contributed by atoms with Gasteiger partial charge in [0.2, 0.25) is 0 Å². The van der Waals surface area contributed by atoms with Crippen molar-refractivity contribution in [3.05, 3.63) is 66.9 Å². The Balaban J connectivity index is 2.04. The number of nitrogen functional groups attached to an aromatic ring is 2. The molecule has 0 amide bonds. The molecule has 2 heterocycles. The molecule has 0 aliphatic carbocycles. The van der Waals surface area contributed by atoms with E-state index < -0.39 is 0 Å². The molecule has 5 heteroatoms. The van der Waals surface area contributed by atoms with Crippen LogP contribution in [0.1, 0.15) is 0 Å². The van der Waals surface area contributed by atoms with Gasteiger partial charge in [0.1, 0.15) is 5.69 Å². The highest BCUT2D eigenvalue weighted by molar-refractivity contribution is 5.85. The van der Waals surface area contributed by atoms with Crippen LogP contribution in [0.2, 0.25) is 0 Å². The van der Waals surface area contributed by atoms with Crippen LogP contribution in [0.4, 0.5) is 11.4 Å². The minimum absolute atomic E-state index is 0.625. The zero-order chi connectivity index (χ0) is 15.8. The van der Waals surface area contributed by atoms with Gasteiger partial charge in [-0.3, -0.25) is 9.55 Å². The molecule has 0 saturated heterocycles. The van der Waals surface area contributed by atoms with Crippen molar-refractivity contribution >= 4 is 22.4 Å². The summed E-state index contributed by atoms with van der Waals surface area (Å²) in [6.45, 7) is 0. The first-order chi connectivity index (χ1) is 11.2. The second kappa shape index (κ2) is 5.14. The Bertz CT molecular complexity index is 972. The molecule has 2 aromatic heterocycles. The van der Waals surface area contributed by atoms with Crippen LogP contribution in [0.15, 0.2) is 66.9 Å². The molecule has 0 spiro atoms. The Kier molecular flexibility index (Phi) is 2.98. The Morgan fingerprint density at radius 2 is 1.61 bits per heavy atom. The highest BCUT2D eigenvalue weighted by atomic mass is 15.1. The molecule has 23 heavy (non-hydrogen) atoms. The lowest BCUT2D eigenvalue weighted by molar-refractivity contribution is 1.08. The Morgan fingerprint density at radius 1 is 0.826 bits per heavy atom. The predicted octanol–water partition coefficient (Wildman–Crippen LogP) is 3.25. The van der Waals surface area contributed by atoms with Gasteiger partial charge in [-0.1, -0.05) is 18.2 Å². The van der Waals surface area contributed by atoms with Gasteiger partial charge in [0.25, 0.3) is 0 Å². The molecule has 0 radical (unpaired) electrons. The van der Waals surface area contributed by atoms with Crippen LogP contribution >= 0.6 is 0 Å². The molecule has 2 aromatic carbocycles. The van der Waals surface area contributed by atoms with Crippen LogP contribution in [0, 0.1) is 0 Å². The minimum atomic E-state index is 0.625. The molecule has 4 aromatic rings. The number of benzene rings is 2. The molecule has 4 N–H and O–H groups in total. The maximum absolute atomic E-state index is 5.90. The second-order valence-corrected chi connectivity index (χ2v) is 5.33. The number of nitrogens with zero attached hydrogens (tertiary/aromatic N) is 3. The Hall–Kier alpha value is -3.34. The summed E-state index contributed by atoms with van der Waals surface area (Å²) in [6, 6.07) is 19.5. The average molecular weight is 301 g/mol. The summed E-state index contributed by atoms with van der Waals surface area (Å²) in [5.74, 6) is 0.761. The van der Waals surface area contributed by atoms with Crippen molar-refractivity contribution in [3.8, 4) is 17.2 Å². The van der Waals surface area contributed by atoms with E-state index in [1.165, 1.54) is 0 Å². The monoisotopic (exact) mass is 301 g/mol. The maximum atomic E-state index is 5.90. The van der Waals surface area contributed by atoms with Gasteiger partial charge in [-0.05, 0) is 42.5 Å². The normalized spacial score (nSPS) is 11.0. The fourth-order valence-corrected chi connectivity index (χ4v) is 2.65. The fraction of sp³-hybridized carbons (Fsp3) is 0. The number of aromatic nitrogens is 3. The van der Waals surface area contributed by atoms with Gasteiger partial charge in [-0.25, -0.2) is 4.98 Å². The van der Waals surface area contributed by atoms with E-state index in [2.05, 4.69) is 9.55 Å². The largest absolute Gasteiger partial charge is 0.399 e. The molecule has 4 rings (SSSR count). The lowest BCUT2D eigenvalue weighted by Crippen LogP contribution is -1.99. The summed E-state index contributed by atoms with van der Waals surface area (Å²) in [5, 5.41) is 0. The molecule has 0 saturated carbocycles. The number of nitrogens with two attached hydrogens (primary N) is 2. The molecule has 112 valence electrons. The van der Waals surface area contributed by atoms with E-state index in [1.54, 1.807) is 6.20 Å². The van der Waals surface area contributed by atoms with Gasteiger partial charge in [-0.2, -0.15) is 0 Å². The number of imidazole rings is 1. The SMILES string of the molecule is Nc1ccc(-c2nc3cc(N)ccc3n2-c2ccccc2)nc1. The van der Waals surface area contributed by atoms with Crippen molar-refractivity contribution in [2.75, 3.05) is 11.5 Å². The Morgan fingerprint density at radius 3 is 2.35 bits per heavy atom. The van der Waals surface area contributed by atoms with Crippen LogP contribution in [0.25, 0.3) is 28.2 Å². The third-order valence-corrected chi connectivity index (χ3v) is 3.71. The zero-order valence-corrected chi connectivity index (χ0v) is 12.3. The van der Waals surface area contributed by atoms with Gasteiger partial charge in [0, 0.05) is 11.4 Å². The highest BCUT2D eigenvalue weighted by Gasteiger charge is 2.15. The third kappa shape index (κ3) is 2.28. The van der Waals surface area contributed by atoms with Crippen molar-refractivity contribution in [1.29, 1.82) is 0 Å². The first kappa shape index (κ1) is 13.3. The van der Waals surface area contributed by atoms with Gasteiger partial charge >= 0.3 is 0 Å². The molecule has 0 atom stereocenters. The number of hydrogen-bond acceptors (Lipinski definition) is 4. The molecule has 0 bridgehead atoms. The minimum Gasteiger partial charge on any atom is -0.399 e. The van der Waals surface area contributed by atoms with Crippen molar-refractivity contribution in [2.24, 2.45) is 0 Å². The van der Waals surface area contributed by atoms with Crippen LogP contribution < -0.4 is 11.5 Å². The number of rotatable bonds is 2. The molecule has 5 nitrogen and oxygen atoms in total. The summed E-state index contributed by atoms with van der Waals surface area (Å²) in [7, 11) is 0. The van der Waals surface area contributed by atoms with E-state index in [9.17, 15) is 0 Å². The van der Waals surface area contributed by atoms with Crippen LogP contribution in [-0.4, -0.2) is 14.5 Å². The van der Waals surface area contributed by atoms with E-state index >= 15 is 0 Å². The fourth-order valence-electron chi connectivity index (χ4n) is 2.65. The average Bonchev–Trinajstić information content (AvgIpc) is 2.94. The van der Waals surface area contributed by atoms with Crippen molar-refractivity contribution in [3.63, 3.8) is 0 Å². The number of anilines is 2. The molecular formula is C18H15N5. The number of fused-ring (bicyclic) bond motifs is 1. The van der Waals surface area contributed by atoms with Crippen molar-refractivity contribution < 1.29 is 0 Å². The van der Waals surface area contributed by atoms with Gasteiger partial charge < -0.3 is 11.5 Å². The quantitative estimate of drug-likeness (QED) is 0.557. The maximum Gasteiger partial charge on any atom is 0.164 e. The molecule has 0 unspecified atom stereocenters. The van der Waals surface area contributed by atoms with Crippen LogP contribution in [0.3, 0.4) is 0 Å². The second-order valence-electron chi connectivity index (χ2n) is 5.33. The topological polar surface area (TPSA) is 82.7 Å². The highest BCUT2D eigenvalue weighted by Crippen LogP contribution is 2.28. The predicted molar refractivity (Wildman–Crippen MR) is 93.1 cm³/mol. The number of hydrogen-bond donors (Lipinski definition) is 2. The zero-order valence-electron chi connectivity index (χ0n) is 12.3. The standard InChI is InChI=1S/C18H15N5/c19-12-7-9-17-16(10-12)22-18(15-8-6-13(20)11-21-15)23(17)14-4-2-1-3-5-14/h1-11H,19-20H2. The van der Waals surface area contributed by atoms with E-state index in [4.69, 9.17) is 16.5 Å². The molecule has 0 aliphatic heterocycles. The summed E-state index contributed by atoms with van der Waals surface area (Å²) in [4.78, 5) is 9.14. The van der Waals surface area contributed by atoms with E-state index in [-0.39, 0.29) is 0 Å². The van der Waals surface area contributed by atoms with Crippen LogP contribution in [-0.2, 0) is 0 Å². The number of para-hydroxylation sites is 1. The van der Waals surface area contributed by atoms with Gasteiger partial charge in [0.05, 0.1) is 22.9 Å². The van der Waals surface area contributed by atoms with Crippen molar-refractivity contribution in [2.45, 2.75) is 0 Å². The lowest BCUT2D eigenvalue weighted by Gasteiger charge is -2.09. The third-order valence-electron chi connectivity index (χ3n) is 3.71. The molecular weight excluding hydrogens is 286 g/mol. The summed E-state index contributed by atoms with van der Waals surface area (Å²) in [5.41, 5.74) is 16.6. The van der Waals surface area contributed by atoms with E-state index in [0.717, 1.165) is 28.2 Å². The molecule has 0 fully saturated rings. The summed E-state index contributed by atoms with van der Waals surface area (Å²) >= 11 is 0. The van der Waals surface area contributed by atoms with E-state index in [1.807, 2.05) is 60.7 Å². The Labute approximate surface area is 133 Å². The van der Waals surface area contributed by atoms with E-state index in [0.29, 0.717) is 11.4 Å². The molecule has 0 aliphatic rings.